The molecule has 35 heavy (non-hydrogen) atoms. The Morgan fingerprint density at radius 2 is 2.11 bits per heavy atom. The molecule has 1 amide bonds. The average molecular weight is 470 g/mol. The summed E-state index contributed by atoms with van der Waals surface area (Å²) < 4.78 is 14.0. The number of carbonyl (C=O) groups is 1. The van der Waals surface area contributed by atoms with E-state index in [1.807, 2.05) is 38.1 Å². The van der Waals surface area contributed by atoms with Gasteiger partial charge in [-0.25, -0.2) is 9.50 Å². The van der Waals surface area contributed by atoms with E-state index in [-0.39, 0.29) is 23.5 Å². The predicted octanol–water partition coefficient (Wildman–Crippen LogP) is 3.95. The van der Waals surface area contributed by atoms with Gasteiger partial charge in [0, 0.05) is 42.4 Å². The fourth-order valence-corrected chi connectivity index (χ4v) is 5.09. The zero-order valence-electron chi connectivity index (χ0n) is 19.7. The van der Waals surface area contributed by atoms with E-state index in [2.05, 4.69) is 27.5 Å². The van der Waals surface area contributed by atoms with Gasteiger partial charge in [-0.1, -0.05) is 24.3 Å². The van der Waals surface area contributed by atoms with E-state index in [1.54, 1.807) is 23.0 Å². The van der Waals surface area contributed by atoms with E-state index >= 15 is 0 Å². The Morgan fingerprint density at radius 3 is 2.97 bits per heavy atom. The van der Waals surface area contributed by atoms with E-state index in [0.29, 0.717) is 29.3 Å². The summed E-state index contributed by atoms with van der Waals surface area (Å²) in [6.07, 6.45) is 6.52. The van der Waals surface area contributed by atoms with Crippen LogP contribution < -0.4 is 20.5 Å². The van der Waals surface area contributed by atoms with E-state index in [1.165, 1.54) is 17.3 Å². The average Bonchev–Trinajstić information content (AvgIpc) is 3.49. The zero-order valence-corrected chi connectivity index (χ0v) is 19.7. The molecule has 0 saturated carbocycles. The molecule has 8 heteroatoms. The Labute approximate surface area is 203 Å². The Hall–Kier alpha value is -3.91. The van der Waals surface area contributed by atoms with Crippen molar-refractivity contribution >= 4 is 17.2 Å². The minimum Gasteiger partial charge on any atom is -0.491 e. The highest BCUT2D eigenvalue weighted by molar-refractivity contribution is 6.08. The van der Waals surface area contributed by atoms with Gasteiger partial charge in [0.25, 0.3) is 5.91 Å². The number of amides is 1. The number of rotatable bonds is 5. The van der Waals surface area contributed by atoms with E-state index in [9.17, 15) is 4.79 Å². The van der Waals surface area contributed by atoms with Crippen LogP contribution in [-0.4, -0.2) is 32.7 Å². The molecule has 0 spiro atoms. The van der Waals surface area contributed by atoms with Crippen LogP contribution in [0.5, 0.6) is 11.5 Å². The highest BCUT2D eigenvalue weighted by atomic mass is 16.5. The third-order valence-corrected chi connectivity index (χ3v) is 6.79. The van der Waals surface area contributed by atoms with Gasteiger partial charge in [-0.15, -0.1) is 0 Å². The molecule has 4 aromatic rings. The molecule has 178 valence electrons. The normalized spacial score (nSPS) is 19.7. The van der Waals surface area contributed by atoms with Crippen LogP contribution >= 0.6 is 0 Å². The summed E-state index contributed by atoms with van der Waals surface area (Å²) in [7, 11) is 0. The van der Waals surface area contributed by atoms with Gasteiger partial charge >= 0.3 is 0 Å². The molecule has 2 aliphatic rings. The number of hydrogen-bond acceptors (Lipinski definition) is 6. The molecule has 1 aliphatic carbocycles. The van der Waals surface area contributed by atoms with Crippen molar-refractivity contribution in [3.63, 3.8) is 0 Å². The van der Waals surface area contributed by atoms with Crippen molar-refractivity contribution in [1.29, 1.82) is 0 Å². The lowest BCUT2D eigenvalue weighted by molar-refractivity contribution is 0.102. The summed E-state index contributed by atoms with van der Waals surface area (Å²) in [5.74, 6) is 1.18. The van der Waals surface area contributed by atoms with Crippen LogP contribution in [0, 0.1) is 5.92 Å². The number of anilines is 1. The zero-order chi connectivity index (χ0) is 24.2. The van der Waals surface area contributed by atoms with Crippen LogP contribution in [0.15, 0.2) is 61.1 Å². The second kappa shape index (κ2) is 8.09. The molecular formula is C27H27N5O3. The number of nitrogens with one attached hydrogen (secondary N) is 1. The van der Waals surface area contributed by atoms with Crippen molar-refractivity contribution in [2.24, 2.45) is 11.7 Å². The summed E-state index contributed by atoms with van der Waals surface area (Å²) in [6, 6.07) is 13.8. The molecule has 0 fully saturated rings. The van der Waals surface area contributed by atoms with Crippen molar-refractivity contribution in [1.82, 2.24) is 14.6 Å². The van der Waals surface area contributed by atoms with Gasteiger partial charge in [-0.2, -0.15) is 5.10 Å². The molecule has 8 nitrogen and oxygen atoms in total. The summed E-state index contributed by atoms with van der Waals surface area (Å²) in [5.41, 5.74) is 11.2. The van der Waals surface area contributed by atoms with Crippen molar-refractivity contribution in [3.8, 4) is 11.5 Å². The molecule has 0 radical (unpaired) electrons. The fraction of sp³-hybridized carbons (Fsp3) is 0.296. The molecule has 0 bridgehead atoms. The molecule has 2 aromatic carbocycles. The molecule has 3 heterocycles. The van der Waals surface area contributed by atoms with Gasteiger partial charge < -0.3 is 20.5 Å². The fourth-order valence-electron chi connectivity index (χ4n) is 5.09. The standard InChI is InChI=1S/C27H27N5O3/c1-27(2)13-17-11-21(31-26(33)20-14-30-32-9-5-8-29-25(20)32)23(12-22(17)35-27)34-15-18-10-16-6-3-4-7-19(16)24(18)28/h3-9,11-12,14,18,24H,10,13,15,28H2,1-2H3,(H,31,33)/t18-,24+/m1/s1. The van der Waals surface area contributed by atoms with Gasteiger partial charge in [0.15, 0.2) is 5.65 Å². The highest BCUT2D eigenvalue weighted by Gasteiger charge is 2.33. The van der Waals surface area contributed by atoms with Crippen LogP contribution in [0.2, 0.25) is 0 Å². The van der Waals surface area contributed by atoms with Gasteiger partial charge in [-0.3, -0.25) is 4.79 Å². The van der Waals surface area contributed by atoms with Crippen LogP contribution in [0.1, 0.15) is 46.9 Å². The Bertz CT molecular complexity index is 1440. The predicted molar refractivity (Wildman–Crippen MR) is 132 cm³/mol. The van der Waals surface area contributed by atoms with Gasteiger partial charge in [0.05, 0.1) is 18.5 Å². The van der Waals surface area contributed by atoms with Crippen molar-refractivity contribution < 1.29 is 14.3 Å². The van der Waals surface area contributed by atoms with E-state index < -0.39 is 0 Å². The number of hydrogen-bond donors (Lipinski definition) is 2. The van der Waals surface area contributed by atoms with Crippen LogP contribution in [-0.2, 0) is 12.8 Å². The first kappa shape index (κ1) is 21.6. The largest absolute Gasteiger partial charge is 0.491 e. The molecular weight excluding hydrogens is 442 g/mol. The second-order valence-electron chi connectivity index (χ2n) is 9.89. The van der Waals surface area contributed by atoms with Crippen molar-refractivity contribution in [2.45, 2.75) is 38.3 Å². The molecule has 0 saturated heterocycles. The van der Waals surface area contributed by atoms with Crippen LogP contribution in [0.25, 0.3) is 5.65 Å². The smallest absolute Gasteiger partial charge is 0.261 e. The maximum atomic E-state index is 13.2. The number of nitrogens with two attached hydrogens (primary N) is 1. The minimum atomic E-state index is -0.315. The third-order valence-electron chi connectivity index (χ3n) is 6.79. The molecule has 6 rings (SSSR count). The second-order valence-corrected chi connectivity index (χ2v) is 9.89. The Kier molecular flexibility index (Phi) is 5.00. The Morgan fingerprint density at radius 1 is 1.26 bits per heavy atom. The first-order valence-electron chi connectivity index (χ1n) is 11.8. The molecule has 2 atom stereocenters. The van der Waals surface area contributed by atoms with Crippen LogP contribution in [0.4, 0.5) is 5.69 Å². The number of ether oxygens (including phenoxy) is 2. The Balaban J connectivity index is 1.28. The van der Waals surface area contributed by atoms with E-state index in [0.717, 1.165) is 24.2 Å². The molecule has 0 unspecified atom stereocenters. The first-order chi connectivity index (χ1) is 16.9. The number of carbonyl (C=O) groups excluding carboxylic acids is 1. The maximum absolute atomic E-state index is 13.2. The number of benzene rings is 2. The summed E-state index contributed by atoms with van der Waals surface area (Å²) in [5, 5.41) is 7.25. The summed E-state index contributed by atoms with van der Waals surface area (Å²) in [6.45, 7) is 4.52. The van der Waals surface area contributed by atoms with Crippen molar-refractivity contribution in [2.75, 3.05) is 11.9 Å². The summed E-state index contributed by atoms with van der Waals surface area (Å²) in [4.78, 5) is 17.5. The quantitative estimate of drug-likeness (QED) is 0.459. The van der Waals surface area contributed by atoms with Crippen LogP contribution in [0.3, 0.4) is 0 Å². The maximum Gasteiger partial charge on any atom is 0.261 e. The van der Waals surface area contributed by atoms with Gasteiger partial charge in [0.2, 0.25) is 0 Å². The number of aromatic nitrogens is 3. The highest BCUT2D eigenvalue weighted by Crippen LogP contribution is 2.42. The molecule has 1 aliphatic heterocycles. The lowest BCUT2D eigenvalue weighted by Crippen LogP contribution is -2.24. The first-order valence-corrected chi connectivity index (χ1v) is 11.8. The number of nitrogens with zero attached hydrogens (tertiary/aromatic N) is 3. The van der Waals surface area contributed by atoms with E-state index in [4.69, 9.17) is 15.2 Å². The lowest BCUT2D eigenvalue weighted by Gasteiger charge is -2.20. The SMILES string of the molecule is CC1(C)Cc2cc(NC(=O)c3cnn4cccnc34)c(OC[C@H]3Cc4ccccc4[C@H]3N)cc2O1. The monoisotopic (exact) mass is 469 g/mol. The topological polar surface area (TPSA) is 104 Å². The number of fused-ring (bicyclic) bond motifs is 3. The van der Waals surface area contributed by atoms with Gasteiger partial charge in [0.1, 0.15) is 22.7 Å². The molecule has 3 N–H and O–H groups in total. The third kappa shape index (κ3) is 3.89. The molecule has 2 aromatic heterocycles. The summed E-state index contributed by atoms with van der Waals surface area (Å²) >= 11 is 0. The van der Waals surface area contributed by atoms with Crippen molar-refractivity contribution in [3.05, 3.63) is 83.3 Å². The minimum absolute atomic E-state index is 0.0845. The lowest BCUT2D eigenvalue weighted by atomic mass is 10.0. The van der Waals surface area contributed by atoms with Gasteiger partial charge in [-0.05, 0) is 43.5 Å².